The van der Waals surface area contributed by atoms with Gasteiger partial charge in [-0.15, -0.1) is 0 Å². The van der Waals surface area contributed by atoms with Gasteiger partial charge in [-0.3, -0.25) is 4.79 Å². The zero-order valence-electron chi connectivity index (χ0n) is 12.9. The second-order valence-corrected chi connectivity index (χ2v) is 6.12. The lowest BCUT2D eigenvalue weighted by atomic mass is 10.1. The molecule has 4 N–H and O–H groups in total. The van der Waals surface area contributed by atoms with Gasteiger partial charge in [0.15, 0.2) is 5.13 Å². The summed E-state index contributed by atoms with van der Waals surface area (Å²) >= 11 is 1.18. The standard InChI is InChI=1S/C16H17N5OS/c1-3-12-14(23-16(17)20-12)15(22)21-18-8-11-9(2)19-13-7-5-4-6-10(11)13/h4-8,19H,3H2,1-2H3,(H2,17,20)(H,21,22)/b18-8-. The van der Waals surface area contributed by atoms with Crippen LogP contribution in [0.3, 0.4) is 0 Å². The maximum atomic E-state index is 12.2. The van der Waals surface area contributed by atoms with Gasteiger partial charge in [0.2, 0.25) is 0 Å². The first kappa shape index (κ1) is 15.2. The average Bonchev–Trinajstić information content (AvgIpc) is 3.07. The summed E-state index contributed by atoms with van der Waals surface area (Å²) in [6.07, 6.45) is 2.31. The first-order valence-corrected chi connectivity index (χ1v) is 8.07. The summed E-state index contributed by atoms with van der Waals surface area (Å²) in [4.78, 5) is 20.1. The van der Waals surface area contributed by atoms with Crippen molar-refractivity contribution in [2.75, 3.05) is 5.73 Å². The third-order valence-electron chi connectivity index (χ3n) is 3.56. The number of amides is 1. The van der Waals surface area contributed by atoms with Crippen LogP contribution in [0.1, 0.15) is 33.5 Å². The van der Waals surface area contributed by atoms with E-state index in [4.69, 9.17) is 5.73 Å². The molecular formula is C16H17N5OS. The molecule has 0 aliphatic rings. The summed E-state index contributed by atoms with van der Waals surface area (Å²) in [5, 5.41) is 5.54. The Balaban J connectivity index is 1.80. The van der Waals surface area contributed by atoms with Crippen LogP contribution in [0.4, 0.5) is 5.13 Å². The SMILES string of the molecule is CCc1nc(N)sc1C(=O)N/N=C\c1c(C)[nH]c2ccccc12. The highest BCUT2D eigenvalue weighted by Crippen LogP contribution is 2.21. The van der Waals surface area contributed by atoms with Gasteiger partial charge >= 0.3 is 0 Å². The number of aromatic nitrogens is 2. The second-order valence-electron chi connectivity index (χ2n) is 5.09. The van der Waals surface area contributed by atoms with E-state index in [1.165, 1.54) is 11.3 Å². The predicted octanol–water partition coefficient (Wildman–Crippen LogP) is 2.84. The maximum absolute atomic E-state index is 12.2. The molecule has 0 bridgehead atoms. The molecule has 0 saturated heterocycles. The van der Waals surface area contributed by atoms with E-state index in [9.17, 15) is 4.79 Å². The van der Waals surface area contributed by atoms with Crippen LogP contribution in [0.5, 0.6) is 0 Å². The van der Waals surface area contributed by atoms with E-state index in [0.29, 0.717) is 22.1 Å². The smallest absolute Gasteiger partial charge is 0.283 e. The van der Waals surface area contributed by atoms with E-state index in [1.54, 1.807) is 6.21 Å². The van der Waals surface area contributed by atoms with E-state index >= 15 is 0 Å². The number of para-hydroxylation sites is 1. The second kappa shape index (κ2) is 6.21. The van der Waals surface area contributed by atoms with Gasteiger partial charge in [-0.25, -0.2) is 10.4 Å². The van der Waals surface area contributed by atoms with Crippen molar-refractivity contribution in [1.29, 1.82) is 0 Å². The molecule has 2 heterocycles. The summed E-state index contributed by atoms with van der Waals surface area (Å²) in [7, 11) is 0. The Kier molecular flexibility index (Phi) is 4.12. The molecule has 0 spiro atoms. The number of nitrogens with two attached hydrogens (primary N) is 1. The molecule has 0 unspecified atom stereocenters. The van der Waals surface area contributed by atoms with E-state index in [0.717, 1.165) is 22.2 Å². The molecule has 2 aromatic heterocycles. The van der Waals surface area contributed by atoms with Crippen molar-refractivity contribution in [2.24, 2.45) is 5.10 Å². The quantitative estimate of drug-likeness (QED) is 0.508. The monoisotopic (exact) mass is 327 g/mol. The van der Waals surface area contributed by atoms with Crippen LogP contribution < -0.4 is 11.2 Å². The molecule has 7 heteroatoms. The van der Waals surface area contributed by atoms with Crippen molar-refractivity contribution in [1.82, 2.24) is 15.4 Å². The molecule has 1 amide bonds. The predicted molar refractivity (Wildman–Crippen MR) is 94.0 cm³/mol. The maximum Gasteiger partial charge on any atom is 0.283 e. The highest BCUT2D eigenvalue weighted by molar-refractivity contribution is 7.17. The van der Waals surface area contributed by atoms with Crippen molar-refractivity contribution in [2.45, 2.75) is 20.3 Å². The molecule has 0 aliphatic heterocycles. The lowest BCUT2D eigenvalue weighted by molar-refractivity contribution is 0.0958. The molecule has 3 rings (SSSR count). The minimum Gasteiger partial charge on any atom is -0.375 e. The number of aromatic amines is 1. The lowest BCUT2D eigenvalue weighted by Crippen LogP contribution is -2.17. The van der Waals surface area contributed by atoms with Crippen LogP contribution in [0.25, 0.3) is 10.9 Å². The Morgan fingerprint density at radius 3 is 3.04 bits per heavy atom. The van der Waals surface area contributed by atoms with E-state index in [1.807, 2.05) is 38.1 Å². The first-order valence-electron chi connectivity index (χ1n) is 7.26. The lowest BCUT2D eigenvalue weighted by Gasteiger charge is -1.98. The van der Waals surface area contributed by atoms with Crippen molar-refractivity contribution < 1.29 is 4.79 Å². The molecule has 0 atom stereocenters. The van der Waals surface area contributed by atoms with Gasteiger partial charge in [-0.05, 0) is 19.4 Å². The number of nitrogens with one attached hydrogen (secondary N) is 2. The highest BCUT2D eigenvalue weighted by atomic mass is 32.1. The number of H-pyrrole nitrogens is 1. The molecule has 118 valence electrons. The Labute approximate surface area is 137 Å². The Hall–Kier alpha value is -2.67. The van der Waals surface area contributed by atoms with Crippen molar-refractivity contribution >= 4 is 39.5 Å². The Morgan fingerprint density at radius 1 is 1.48 bits per heavy atom. The number of benzene rings is 1. The number of anilines is 1. The third kappa shape index (κ3) is 2.95. The van der Waals surface area contributed by atoms with Gasteiger partial charge < -0.3 is 10.7 Å². The number of rotatable bonds is 4. The van der Waals surface area contributed by atoms with Crippen molar-refractivity contribution in [3.8, 4) is 0 Å². The number of hydrazone groups is 1. The number of thiazole rings is 1. The average molecular weight is 327 g/mol. The molecule has 0 radical (unpaired) electrons. The van der Waals surface area contributed by atoms with Crippen LogP contribution in [0, 0.1) is 6.92 Å². The van der Waals surface area contributed by atoms with Crippen molar-refractivity contribution in [3.05, 3.63) is 46.1 Å². The number of hydrogen-bond acceptors (Lipinski definition) is 5. The van der Waals surface area contributed by atoms with Crippen LogP contribution in [-0.2, 0) is 6.42 Å². The normalized spacial score (nSPS) is 11.4. The van der Waals surface area contributed by atoms with E-state index in [2.05, 4.69) is 20.5 Å². The Morgan fingerprint density at radius 2 is 2.26 bits per heavy atom. The topological polar surface area (TPSA) is 96.2 Å². The summed E-state index contributed by atoms with van der Waals surface area (Å²) in [5.41, 5.74) is 11.9. The third-order valence-corrected chi connectivity index (χ3v) is 4.48. The molecule has 0 fully saturated rings. The van der Waals surface area contributed by atoms with Gasteiger partial charge in [0.25, 0.3) is 5.91 Å². The number of nitrogens with zero attached hydrogens (tertiary/aromatic N) is 2. The fourth-order valence-corrected chi connectivity index (χ4v) is 3.27. The molecule has 23 heavy (non-hydrogen) atoms. The summed E-state index contributed by atoms with van der Waals surface area (Å²) in [6.45, 7) is 3.91. The largest absolute Gasteiger partial charge is 0.375 e. The number of hydrogen-bond donors (Lipinski definition) is 3. The summed E-state index contributed by atoms with van der Waals surface area (Å²) in [5.74, 6) is -0.287. The van der Waals surface area contributed by atoms with Crippen LogP contribution >= 0.6 is 11.3 Å². The fourth-order valence-electron chi connectivity index (χ4n) is 2.46. The van der Waals surface area contributed by atoms with E-state index < -0.39 is 0 Å². The highest BCUT2D eigenvalue weighted by Gasteiger charge is 2.15. The van der Waals surface area contributed by atoms with Crippen molar-refractivity contribution in [3.63, 3.8) is 0 Å². The molecule has 0 aliphatic carbocycles. The molecular weight excluding hydrogens is 310 g/mol. The zero-order chi connectivity index (χ0) is 16.4. The van der Waals surface area contributed by atoms with Crippen LogP contribution in [-0.4, -0.2) is 22.1 Å². The molecule has 1 aromatic carbocycles. The molecule has 3 aromatic rings. The van der Waals surface area contributed by atoms with Gasteiger partial charge in [0.05, 0.1) is 11.9 Å². The van der Waals surface area contributed by atoms with Crippen LogP contribution in [0.2, 0.25) is 0 Å². The minimum absolute atomic E-state index is 0.287. The summed E-state index contributed by atoms with van der Waals surface area (Å²) in [6, 6.07) is 7.97. The van der Waals surface area contributed by atoms with Gasteiger partial charge in [0, 0.05) is 22.2 Å². The number of carbonyl (C=O) groups is 1. The molecule has 0 saturated carbocycles. The van der Waals surface area contributed by atoms with E-state index in [-0.39, 0.29) is 5.91 Å². The summed E-state index contributed by atoms with van der Waals surface area (Å²) < 4.78 is 0. The first-order chi connectivity index (χ1) is 11.1. The molecule has 6 nitrogen and oxygen atoms in total. The van der Waals surface area contributed by atoms with Gasteiger partial charge in [0.1, 0.15) is 4.88 Å². The van der Waals surface area contributed by atoms with Gasteiger partial charge in [-0.1, -0.05) is 36.5 Å². The van der Waals surface area contributed by atoms with Crippen LogP contribution in [0.15, 0.2) is 29.4 Å². The fraction of sp³-hybridized carbons (Fsp3) is 0.188. The number of nitrogen functional groups attached to an aromatic ring is 1. The Bertz CT molecular complexity index is 893. The minimum atomic E-state index is -0.287. The van der Waals surface area contributed by atoms with Gasteiger partial charge in [-0.2, -0.15) is 5.10 Å². The number of aryl methyl sites for hydroxylation is 2. The number of fused-ring (bicyclic) bond motifs is 1. The zero-order valence-corrected chi connectivity index (χ0v) is 13.7. The number of carbonyl (C=O) groups excluding carboxylic acids is 1.